The maximum atomic E-state index is 13.6. The maximum absolute atomic E-state index is 13.6. The Morgan fingerprint density at radius 2 is 1.78 bits per heavy atom. The van der Waals surface area contributed by atoms with E-state index in [0.29, 0.717) is 48.2 Å². The van der Waals surface area contributed by atoms with E-state index in [4.69, 9.17) is 19.3 Å². The molecule has 0 saturated carbocycles. The molecule has 0 spiro atoms. The van der Waals surface area contributed by atoms with Crippen LogP contribution < -0.4 is 9.47 Å². The SMILES string of the molecule is CC(C)=CC/C=C(\C)CCC[C@@]1(C)Oc2c(c(O[C@@H]3O[C@H](CO)[C@@H](O)[C@H](O)[C@H]3O)cc3c2CN(CCCCC(=O)O)C3=O)C[C@@H]1O. The lowest BCUT2D eigenvalue weighted by atomic mass is 9.83. The molecule has 0 unspecified atom stereocenters. The molecule has 4 rings (SSSR count). The van der Waals surface area contributed by atoms with Crippen LogP contribution in [0.25, 0.3) is 0 Å². The smallest absolute Gasteiger partial charge is 0.303 e. The summed E-state index contributed by atoms with van der Waals surface area (Å²) in [5, 5.41) is 61.2. The van der Waals surface area contributed by atoms with Crippen LogP contribution in [0.15, 0.2) is 29.4 Å². The molecular weight excluding hydrogens is 598 g/mol. The number of carbonyl (C=O) groups is 2. The highest BCUT2D eigenvalue weighted by Gasteiger charge is 2.47. The second-order valence-corrected chi connectivity index (χ2v) is 13.2. The zero-order valence-corrected chi connectivity index (χ0v) is 27.1. The molecule has 0 radical (unpaired) electrons. The number of benzene rings is 1. The summed E-state index contributed by atoms with van der Waals surface area (Å²) < 4.78 is 18.2. The number of aliphatic hydroxyl groups is 5. The molecule has 0 aromatic heterocycles. The number of fused-ring (bicyclic) bond motifs is 3. The quantitative estimate of drug-likeness (QED) is 0.129. The van der Waals surface area contributed by atoms with Crippen molar-refractivity contribution in [1.82, 2.24) is 4.90 Å². The Balaban J connectivity index is 1.61. The molecule has 1 aromatic carbocycles. The highest BCUT2D eigenvalue weighted by Crippen LogP contribution is 2.47. The van der Waals surface area contributed by atoms with Crippen LogP contribution in [-0.2, 0) is 22.5 Å². The third kappa shape index (κ3) is 8.10. The number of carbonyl (C=O) groups excluding carboxylic acids is 1. The molecule has 1 saturated heterocycles. The normalized spacial score (nSPS) is 29.2. The first-order chi connectivity index (χ1) is 21.7. The molecule has 0 aliphatic carbocycles. The molecule has 12 heteroatoms. The van der Waals surface area contributed by atoms with Gasteiger partial charge in [0.1, 0.15) is 41.5 Å². The molecular formula is C34H49NO11. The summed E-state index contributed by atoms with van der Waals surface area (Å²) in [6, 6.07) is 1.51. The lowest BCUT2D eigenvalue weighted by Crippen LogP contribution is -2.60. The zero-order chi connectivity index (χ0) is 33.8. The fourth-order valence-electron chi connectivity index (χ4n) is 6.22. The molecule has 3 heterocycles. The average molecular weight is 648 g/mol. The van der Waals surface area contributed by atoms with Crippen molar-refractivity contribution < 1.29 is 54.4 Å². The Bertz CT molecular complexity index is 1320. The Kier molecular flexibility index (Phi) is 11.9. The summed E-state index contributed by atoms with van der Waals surface area (Å²) in [4.78, 5) is 26.2. The second-order valence-electron chi connectivity index (χ2n) is 13.2. The molecule has 46 heavy (non-hydrogen) atoms. The predicted molar refractivity (Wildman–Crippen MR) is 167 cm³/mol. The van der Waals surface area contributed by atoms with E-state index in [9.17, 15) is 35.1 Å². The van der Waals surface area contributed by atoms with Crippen LogP contribution >= 0.6 is 0 Å². The summed E-state index contributed by atoms with van der Waals surface area (Å²) >= 11 is 0. The summed E-state index contributed by atoms with van der Waals surface area (Å²) in [5.74, 6) is -0.675. The summed E-state index contributed by atoms with van der Waals surface area (Å²) in [6.07, 6.45) is -0.126. The lowest BCUT2D eigenvalue weighted by Gasteiger charge is -2.42. The number of amides is 1. The van der Waals surface area contributed by atoms with Gasteiger partial charge in [-0.3, -0.25) is 9.59 Å². The van der Waals surface area contributed by atoms with Crippen molar-refractivity contribution in [3.63, 3.8) is 0 Å². The standard InChI is InChI=1S/C34H49NO11/c1-19(2)9-7-10-20(3)11-8-13-34(4)26(37)16-22-24(44-33-30(42)29(41)28(40)25(18-36)45-33)15-21-23(31(22)46-34)17-35(32(21)43)14-6-5-12-27(38)39/h9-10,15,25-26,28-30,33,36-37,40-42H,5-8,11-14,16-18H2,1-4H3,(H,38,39)/b20-10+/t25-,26+,28-,29+,30-,33-,34-/m1/s1. The van der Waals surface area contributed by atoms with Gasteiger partial charge in [-0.15, -0.1) is 0 Å². The van der Waals surface area contributed by atoms with Crippen molar-refractivity contribution in [3.05, 3.63) is 46.1 Å². The fraction of sp³-hybridized carbons (Fsp3) is 0.647. The lowest BCUT2D eigenvalue weighted by molar-refractivity contribution is -0.277. The topological polar surface area (TPSA) is 186 Å². The third-order valence-electron chi connectivity index (χ3n) is 9.15. The molecule has 0 bridgehead atoms. The monoisotopic (exact) mass is 647 g/mol. The zero-order valence-electron chi connectivity index (χ0n) is 27.1. The highest BCUT2D eigenvalue weighted by molar-refractivity contribution is 6.00. The van der Waals surface area contributed by atoms with E-state index in [0.717, 1.165) is 19.3 Å². The number of hydrogen-bond donors (Lipinski definition) is 6. The minimum Gasteiger partial charge on any atom is -0.484 e. The van der Waals surface area contributed by atoms with Gasteiger partial charge in [0.25, 0.3) is 5.91 Å². The van der Waals surface area contributed by atoms with Gasteiger partial charge < -0.3 is 49.7 Å². The number of ether oxygens (including phenoxy) is 3. The average Bonchev–Trinajstić information content (AvgIpc) is 3.31. The van der Waals surface area contributed by atoms with Gasteiger partial charge in [-0.05, 0) is 72.3 Å². The van der Waals surface area contributed by atoms with Crippen LogP contribution in [0.4, 0.5) is 0 Å². The van der Waals surface area contributed by atoms with Crippen LogP contribution in [0.1, 0.15) is 94.1 Å². The third-order valence-corrected chi connectivity index (χ3v) is 9.15. The first-order valence-electron chi connectivity index (χ1n) is 16.1. The van der Waals surface area contributed by atoms with Crippen LogP contribution in [0, 0.1) is 0 Å². The van der Waals surface area contributed by atoms with E-state index in [1.807, 2.05) is 6.92 Å². The van der Waals surface area contributed by atoms with Crippen molar-refractivity contribution >= 4 is 11.9 Å². The van der Waals surface area contributed by atoms with E-state index in [1.54, 1.807) is 4.90 Å². The highest BCUT2D eigenvalue weighted by atomic mass is 16.7. The van der Waals surface area contributed by atoms with Crippen molar-refractivity contribution in [2.24, 2.45) is 0 Å². The first kappa shape index (κ1) is 35.8. The van der Waals surface area contributed by atoms with Crippen LogP contribution in [0.2, 0.25) is 0 Å². The Morgan fingerprint density at radius 1 is 1.04 bits per heavy atom. The van der Waals surface area contributed by atoms with Gasteiger partial charge >= 0.3 is 5.97 Å². The Hall–Kier alpha value is -3.00. The fourth-order valence-corrected chi connectivity index (χ4v) is 6.22. The van der Waals surface area contributed by atoms with Gasteiger partial charge in [-0.25, -0.2) is 0 Å². The number of rotatable bonds is 14. The molecule has 3 aliphatic heterocycles. The van der Waals surface area contributed by atoms with Gasteiger partial charge in [0.15, 0.2) is 0 Å². The minimum atomic E-state index is -1.67. The number of nitrogens with zero attached hydrogens (tertiary/aromatic N) is 1. The molecule has 1 amide bonds. The molecule has 3 aliphatic rings. The number of allylic oxidation sites excluding steroid dienone is 4. The second kappa shape index (κ2) is 15.3. The summed E-state index contributed by atoms with van der Waals surface area (Å²) in [7, 11) is 0. The molecule has 7 atom stereocenters. The predicted octanol–water partition coefficient (Wildman–Crippen LogP) is 2.60. The van der Waals surface area contributed by atoms with Crippen molar-refractivity contribution in [3.8, 4) is 11.5 Å². The van der Waals surface area contributed by atoms with Crippen molar-refractivity contribution in [2.75, 3.05) is 13.2 Å². The number of carboxylic acids is 1. The molecule has 12 nitrogen and oxygen atoms in total. The van der Waals surface area contributed by atoms with Crippen LogP contribution in [0.3, 0.4) is 0 Å². The maximum Gasteiger partial charge on any atom is 0.303 e. The number of aliphatic hydroxyl groups excluding tert-OH is 5. The largest absolute Gasteiger partial charge is 0.484 e. The van der Waals surface area contributed by atoms with Crippen molar-refractivity contribution in [2.45, 2.75) is 128 Å². The molecule has 6 N–H and O–H groups in total. The van der Waals surface area contributed by atoms with Gasteiger partial charge in [0.05, 0.1) is 24.8 Å². The number of carboxylic acid groups (broad SMARTS) is 1. The van der Waals surface area contributed by atoms with E-state index >= 15 is 0 Å². The van der Waals surface area contributed by atoms with E-state index in [1.165, 1.54) is 17.2 Å². The first-order valence-corrected chi connectivity index (χ1v) is 16.1. The number of aliphatic carboxylic acids is 1. The summed E-state index contributed by atoms with van der Waals surface area (Å²) in [6.45, 7) is 8.01. The van der Waals surface area contributed by atoms with Gasteiger partial charge in [-0.2, -0.15) is 0 Å². The molecule has 1 aromatic rings. The minimum absolute atomic E-state index is 0.00439. The van der Waals surface area contributed by atoms with Crippen molar-refractivity contribution in [1.29, 1.82) is 0 Å². The molecule has 1 fully saturated rings. The van der Waals surface area contributed by atoms with E-state index in [-0.39, 0.29) is 31.0 Å². The van der Waals surface area contributed by atoms with Gasteiger partial charge in [-0.1, -0.05) is 23.3 Å². The van der Waals surface area contributed by atoms with Crippen LogP contribution in [-0.4, -0.2) is 103 Å². The van der Waals surface area contributed by atoms with E-state index < -0.39 is 55.0 Å². The van der Waals surface area contributed by atoms with Gasteiger partial charge in [0, 0.05) is 30.5 Å². The summed E-state index contributed by atoms with van der Waals surface area (Å²) in [5.41, 5.74) is 2.95. The Morgan fingerprint density at radius 3 is 2.46 bits per heavy atom. The molecule has 256 valence electrons. The number of unbranched alkanes of at least 4 members (excludes halogenated alkanes) is 1. The number of hydrogen-bond acceptors (Lipinski definition) is 10. The van der Waals surface area contributed by atoms with Gasteiger partial charge in [0.2, 0.25) is 6.29 Å². The van der Waals surface area contributed by atoms with Crippen LogP contribution in [0.5, 0.6) is 11.5 Å². The van der Waals surface area contributed by atoms with E-state index in [2.05, 4.69) is 32.9 Å². The Labute approximate surface area is 269 Å².